The summed E-state index contributed by atoms with van der Waals surface area (Å²) in [6.07, 6.45) is 2.35. The van der Waals surface area contributed by atoms with Crippen LogP contribution in [0.5, 0.6) is 0 Å². The highest BCUT2D eigenvalue weighted by Gasteiger charge is 2.25. The van der Waals surface area contributed by atoms with Crippen molar-refractivity contribution in [3.05, 3.63) is 29.3 Å². The molecule has 23 heavy (non-hydrogen) atoms. The molecule has 4 nitrogen and oxygen atoms in total. The summed E-state index contributed by atoms with van der Waals surface area (Å²) in [6.45, 7) is 6.85. The maximum atomic E-state index is 6.26. The summed E-state index contributed by atoms with van der Waals surface area (Å²) in [6, 6.07) is 8.97. The molecule has 0 unspecified atom stereocenters. The summed E-state index contributed by atoms with van der Waals surface area (Å²) in [5, 5.41) is 11.3. The molecular formula is C17H23ClN4S. The lowest BCUT2D eigenvalue weighted by Gasteiger charge is -2.38. The van der Waals surface area contributed by atoms with E-state index < -0.39 is 0 Å². The molecule has 1 aliphatic rings. The minimum absolute atomic E-state index is 0.539. The zero-order valence-corrected chi connectivity index (χ0v) is 15.4. The maximum absolute atomic E-state index is 6.26. The SMILES string of the molecule is CC(C)N1CCC(N(C)c2nnc(-c3ccccc3Cl)s2)CC1. The maximum Gasteiger partial charge on any atom is 0.208 e. The van der Waals surface area contributed by atoms with Crippen molar-refractivity contribution >= 4 is 28.1 Å². The summed E-state index contributed by atoms with van der Waals surface area (Å²) < 4.78 is 0. The second-order valence-corrected chi connectivity index (χ2v) is 7.70. The van der Waals surface area contributed by atoms with Gasteiger partial charge in [-0.3, -0.25) is 0 Å². The van der Waals surface area contributed by atoms with Gasteiger partial charge in [-0.15, -0.1) is 10.2 Å². The Morgan fingerprint density at radius 2 is 1.91 bits per heavy atom. The van der Waals surface area contributed by atoms with Crippen molar-refractivity contribution in [1.82, 2.24) is 15.1 Å². The van der Waals surface area contributed by atoms with Crippen LogP contribution < -0.4 is 4.90 Å². The van der Waals surface area contributed by atoms with Crippen molar-refractivity contribution in [3.8, 4) is 10.6 Å². The van der Waals surface area contributed by atoms with Crippen LogP contribution in [0.1, 0.15) is 26.7 Å². The van der Waals surface area contributed by atoms with Crippen LogP contribution in [0, 0.1) is 0 Å². The van der Waals surface area contributed by atoms with E-state index in [0.29, 0.717) is 12.1 Å². The average Bonchev–Trinajstić information content (AvgIpc) is 3.04. The molecule has 0 radical (unpaired) electrons. The Balaban J connectivity index is 1.70. The molecule has 0 aliphatic carbocycles. The second-order valence-electron chi connectivity index (χ2n) is 6.34. The first kappa shape index (κ1) is 16.7. The minimum Gasteiger partial charge on any atom is -0.347 e. The topological polar surface area (TPSA) is 32.3 Å². The van der Waals surface area contributed by atoms with Gasteiger partial charge < -0.3 is 9.80 Å². The largest absolute Gasteiger partial charge is 0.347 e. The van der Waals surface area contributed by atoms with Crippen LogP contribution in [0.3, 0.4) is 0 Å². The predicted octanol–water partition coefficient (Wildman–Crippen LogP) is 4.17. The molecule has 0 bridgehead atoms. The Hall–Kier alpha value is -1.17. The molecule has 0 atom stereocenters. The van der Waals surface area contributed by atoms with E-state index in [2.05, 4.69) is 40.9 Å². The Kier molecular flexibility index (Phi) is 5.19. The van der Waals surface area contributed by atoms with E-state index in [1.165, 1.54) is 12.8 Å². The standard InChI is InChI=1S/C17H23ClN4S/c1-12(2)22-10-8-13(9-11-22)21(3)17-20-19-16(23-17)14-6-4-5-7-15(14)18/h4-7,12-13H,8-11H2,1-3H3. The average molecular weight is 351 g/mol. The molecule has 1 saturated heterocycles. The lowest BCUT2D eigenvalue weighted by atomic mass is 10.0. The number of piperidine rings is 1. The molecule has 2 heterocycles. The van der Waals surface area contributed by atoms with Crippen molar-refractivity contribution in [1.29, 1.82) is 0 Å². The first-order chi connectivity index (χ1) is 11.1. The van der Waals surface area contributed by atoms with Crippen LogP contribution >= 0.6 is 22.9 Å². The Morgan fingerprint density at radius 3 is 2.57 bits per heavy atom. The summed E-state index contributed by atoms with van der Waals surface area (Å²) in [4.78, 5) is 4.83. The highest BCUT2D eigenvalue weighted by Crippen LogP contribution is 2.34. The second kappa shape index (κ2) is 7.16. The quantitative estimate of drug-likeness (QED) is 0.828. The van der Waals surface area contributed by atoms with Crippen LogP contribution in [0.15, 0.2) is 24.3 Å². The number of nitrogens with zero attached hydrogens (tertiary/aromatic N) is 4. The van der Waals surface area contributed by atoms with Gasteiger partial charge in [0.2, 0.25) is 5.13 Å². The van der Waals surface area contributed by atoms with Gasteiger partial charge in [0.05, 0.1) is 5.02 Å². The molecule has 0 amide bonds. The molecule has 3 rings (SSSR count). The van der Waals surface area contributed by atoms with Crippen molar-refractivity contribution in [2.24, 2.45) is 0 Å². The van der Waals surface area contributed by atoms with Crippen LogP contribution in [0.2, 0.25) is 5.02 Å². The Morgan fingerprint density at radius 1 is 1.22 bits per heavy atom. The first-order valence-electron chi connectivity index (χ1n) is 8.11. The van der Waals surface area contributed by atoms with E-state index in [1.807, 2.05) is 24.3 Å². The zero-order chi connectivity index (χ0) is 16.4. The molecule has 1 fully saturated rings. The van der Waals surface area contributed by atoms with Gasteiger partial charge in [0, 0.05) is 37.8 Å². The van der Waals surface area contributed by atoms with Gasteiger partial charge in [-0.05, 0) is 32.8 Å². The molecule has 1 aliphatic heterocycles. The van der Waals surface area contributed by atoms with Gasteiger partial charge in [0.1, 0.15) is 0 Å². The third kappa shape index (κ3) is 3.67. The lowest BCUT2D eigenvalue weighted by Crippen LogP contribution is -2.45. The molecular weight excluding hydrogens is 328 g/mol. The third-order valence-electron chi connectivity index (χ3n) is 4.60. The van der Waals surface area contributed by atoms with E-state index >= 15 is 0 Å². The van der Waals surface area contributed by atoms with Crippen molar-refractivity contribution in [3.63, 3.8) is 0 Å². The van der Waals surface area contributed by atoms with E-state index in [-0.39, 0.29) is 0 Å². The molecule has 1 aromatic heterocycles. The van der Waals surface area contributed by atoms with Gasteiger partial charge in [0.15, 0.2) is 5.01 Å². The van der Waals surface area contributed by atoms with Crippen molar-refractivity contribution < 1.29 is 0 Å². The summed E-state index contributed by atoms with van der Waals surface area (Å²) in [5.41, 5.74) is 0.959. The van der Waals surface area contributed by atoms with Crippen molar-refractivity contribution in [2.75, 3.05) is 25.0 Å². The minimum atomic E-state index is 0.539. The monoisotopic (exact) mass is 350 g/mol. The van der Waals surface area contributed by atoms with E-state index in [0.717, 1.165) is 33.8 Å². The molecule has 0 spiro atoms. The van der Waals surface area contributed by atoms with Gasteiger partial charge in [-0.2, -0.15) is 0 Å². The number of halogens is 1. The number of aromatic nitrogens is 2. The molecule has 124 valence electrons. The van der Waals surface area contributed by atoms with Crippen LogP contribution in [-0.4, -0.2) is 47.3 Å². The van der Waals surface area contributed by atoms with Crippen LogP contribution in [0.25, 0.3) is 10.6 Å². The number of anilines is 1. The highest BCUT2D eigenvalue weighted by atomic mass is 35.5. The fraction of sp³-hybridized carbons (Fsp3) is 0.529. The smallest absolute Gasteiger partial charge is 0.208 e. The Bertz CT molecular complexity index is 650. The zero-order valence-electron chi connectivity index (χ0n) is 13.9. The summed E-state index contributed by atoms with van der Waals surface area (Å²) in [5.74, 6) is 0. The number of likely N-dealkylation sites (tertiary alicyclic amines) is 1. The molecule has 0 N–H and O–H groups in total. The summed E-state index contributed by atoms with van der Waals surface area (Å²) in [7, 11) is 2.13. The molecule has 0 saturated carbocycles. The highest BCUT2D eigenvalue weighted by molar-refractivity contribution is 7.18. The number of hydrogen-bond acceptors (Lipinski definition) is 5. The van der Waals surface area contributed by atoms with Crippen LogP contribution in [0.4, 0.5) is 5.13 Å². The third-order valence-corrected chi connectivity index (χ3v) is 5.97. The van der Waals surface area contributed by atoms with E-state index in [9.17, 15) is 0 Å². The van der Waals surface area contributed by atoms with Crippen LogP contribution in [-0.2, 0) is 0 Å². The lowest BCUT2D eigenvalue weighted by molar-refractivity contribution is 0.171. The fourth-order valence-electron chi connectivity index (χ4n) is 3.05. The number of rotatable bonds is 4. The van der Waals surface area contributed by atoms with Crippen molar-refractivity contribution in [2.45, 2.75) is 38.8 Å². The Labute approximate surface area is 147 Å². The van der Waals surface area contributed by atoms with Gasteiger partial charge in [-0.25, -0.2) is 0 Å². The van der Waals surface area contributed by atoms with Gasteiger partial charge in [0.25, 0.3) is 0 Å². The molecule has 1 aromatic carbocycles. The van der Waals surface area contributed by atoms with E-state index in [1.54, 1.807) is 11.3 Å². The van der Waals surface area contributed by atoms with Gasteiger partial charge >= 0.3 is 0 Å². The molecule has 2 aromatic rings. The van der Waals surface area contributed by atoms with E-state index in [4.69, 9.17) is 11.6 Å². The number of hydrogen-bond donors (Lipinski definition) is 0. The summed E-state index contributed by atoms with van der Waals surface area (Å²) >= 11 is 7.88. The van der Waals surface area contributed by atoms with Gasteiger partial charge in [-0.1, -0.05) is 41.1 Å². The predicted molar refractivity (Wildman–Crippen MR) is 98.5 cm³/mol. The number of benzene rings is 1. The first-order valence-corrected chi connectivity index (χ1v) is 9.31. The normalized spacial score (nSPS) is 16.9. The molecule has 6 heteroatoms. The fourth-order valence-corrected chi connectivity index (χ4v) is 4.25.